The van der Waals surface area contributed by atoms with Gasteiger partial charge in [0.15, 0.2) is 5.82 Å². The molecule has 4 N–H and O–H groups in total. The molecule has 0 fully saturated rings. The maximum Gasteiger partial charge on any atom is 0.388 e. The third-order valence-corrected chi connectivity index (χ3v) is 11.7. The SMILES string of the molecule is COc1nc(OC(F)F)c(F)cc1NS(=O)(=O)c1cn(CCO)c2nc(Cl)ccc12.O=S(=O)(Nc1cc(F)c(Br)cc1F)c1cn(CCOCCO)c2cc(Cl)ccc12. The van der Waals surface area contributed by atoms with Crippen LogP contribution in [-0.2, 0) is 37.9 Å². The molecule has 2 aromatic carbocycles. The zero-order chi connectivity index (χ0) is 43.2. The van der Waals surface area contributed by atoms with Crippen molar-refractivity contribution in [2.75, 3.05) is 43.0 Å². The minimum atomic E-state index is -4.35. The fraction of sp³-hybridized carbons (Fsp3) is 0.235. The molecule has 0 bridgehead atoms. The predicted octanol–water partition coefficient (Wildman–Crippen LogP) is 6.77. The molecule has 318 valence electrons. The van der Waals surface area contributed by atoms with Gasteiger partial charge >= 0.3 is 6.61 Å². The monoisotopic (exact) mass is 974 g/mol. The number of aliphatic hydroxyl groups excluding tert-OH is 2. The summed E-state index contributed by atoms with van der Waals surface area (Å²) in [5, 5.41) is 19.1. The number of aliphatic hydroxyl groups is 2. The fourth-order valence-electron chi connectivity index (χ4n) is 5.41. The largest absolute Gasteiger partial charge is 0.479 e. The van der Waals surface area contributed by atoms with Gasteiger partial charge in [0.05, 0.1) is 49.2 Å². The molecule has 0 spiro atoms. The summed E-state index contributed by atoms with van der Waals surface area (Å²) in [6.45, 7) is -3.03. The second-order valence-corrected chi connectivity index (χ2v) is 16.7. The van der Waals surface area contributed by atoms with Gasteiger partial charge in [-0.1, -0.05) is 23.2 Å². The van der Waals surface area contributed by atoms with Gasteiger partial charge in [-0.3, -0.25) is 9.44 Å². The Morgan fingerprint density at radius 1 is 0.780 bits per heavy atom. The van der Waals surface area contributed by atoms with Gasteiger partial charge in [-0.05, 0) is 52.3 Å². The van der Waals surface area contributed by atoms with Crippen molar-refractivity contribution in [3.8, 4) is 11.8 Å². The number of sulfonamides is 2. The van der Waals surface area contributed by atoms with Crippen LogP contribution in [-0.4, -0.2) is 86.3 Å². The van der Waals surface area contributed by atoms with Crippen molar-refractivity contribution in [1.29, 1.82) is 0 Å². The van der Waals surface area contributed by atoms with Crippen molar-refractivity contribution in [2.24, 2.45) is 0 Å². The van der Waals surface area contributed by atoms with Crippen LogP contribution >= 0.6 is 39.1 Å². The van der Waals surface area contributed by atoms with Gasteiger partial charge in [0, 0.05) is 53.4 Å². The first-order chi connectivity index (χ1) is 27.9. The van der Waals surface area contributed by atoms with E-state index >= 15 is 0 Å². The van der Waals surface area contributed by atoms with Crippen LogP contribution < -0.4 is 18.9 Å². The third kappa shape index (κ3) is 10.8. The molecule has 0 saturated heterocycles. The van der Waals surface area contributed by atoms with Gasteiger partial charge in [0.25, 0.3) is 25.9 Å². The second kappa shape index (κ2) is 19.3. The average molecular weight is 977 g/mol. The molecule has 59 heavy (non-hydrogen) atoms. The molecule has 4 heterocycles. The van der Waals surface area contributed by atoms with E-state index in [-0.39, 0.29) is 63.4 Å². The van der Waals surface area contributed by atoms with E-state index in [1.54, 1.807) is 10.6 Å². The summed E-state index contributed by atoms with van der Waals surface area (Å²) in [6.07, 6.45) is 2.59. The van der Waals surface area contributed by atoms with E-state index in [9.17, 15) is 43.9 Å². The molecule has 6 rings (SSSR count). The van der Waals surface area contributed by atoms with Crippen LogP contribution in [0, 0.1) is 17.5 Å². The minimum Gasteiger partial charge on any atom is -0.479 e. The molecule has 0 unspecified atom stereocenters. The highest BCUT2D eigenvalue weighted by atomic mass is 79.9. The number of aromatic nitrogens is 4. The Morgan fingerprint density at radius 3 is 2.08 bits per heavy atom. The van der Waals surface area contributed by atoms with E-state index in [2.05, 4.69) is 40.1 Å². The summed E-state index contributed by atoms with van der Waals surface area (Å²) >= 11 is 14.8. The van der Waals surface area contributed by atoms with Crippen molar-refractivity contribution in [1.82, 2.24) is 19.1 Å². The van der Waals surface area contributed by atoms with E-state index in [0.29, 0.717) is 28.5 Å². The van der Waals surface area contributed by atoms with Crippen molar-refractivity contribution in [3.63, 3.8) is 0 Å². The highest BCUT2D eigenvalue weighted by Crippen LogP contribution is 2.34. The van der Waals surface area contributed by atoms with Gasteiger partial charge in [-0.15, -0.1) is 0 Å². The van der Waals surface area contributed by atoms with Gasteiger partial charge in [-0.25, -0.2) is 35.0 Å². The maximum absolute atomic E-state index is 14.1. The molecule has 0 atom stereocenters. The second-order valence-electron chi connectivity index (χ2n) is 11.8. The van der Waals surface area contributed by atoms with Crippen molar-refractivity contribution in [3.05, 3.63) is 93.0 Å². The number of ether oxygens (including phenoxy) is 3. The molecular formula is C34H30BrCl2F5N6O9S2. The molecule has 0 radical (unpaired) electrons. The lowest BCUT2D eigenvalue weighted by Gasteiger charge is -2.13. The predicted molar refractivity (Wildman–Crippen MR) is 210 cm³/mol. The lowest BCUT2D eigenvalue weighted by Crippen LogP contribution is -2.15. The summed E-state index contributed by atoms with van der Waals surface area (Å²) in [4.78, 5) is 7.12. The minimum absolute atomic E-state index is 0.0402. The molecule has 0 amide bonds. The van der Waals surface area contributed by atoms with Crippen LogP contribution in [0.5, 0.6) is 11.8 Å². The summed E-state index contributed by atoms with van der Waals surface area (Å²) in [5.74, 6) is -4.60. The number of halogens is 8. The quantitative estimate of drug-likeness (QED) is 0.0346. The van der Waals surface area contributed by atoms with Crippen molar-refractivity contribution >= 4 is 92.5 Å². The topological polar surface area (TPSA) is 196 Å². The molecule has 6 aromatic rings. The third-order valence-electron chi connectivity index (χ3n) is 7.89. The lowest BCUT2D eigenvalue weighted by atomic mass is 10.2. The number of anilines is 2. The molecule has 15 nitrogen and oxygen atoms in total. The van der Waals surface area contributed by atoms with Gasteiger partial charge < -0.3 is 33.6 Å². The Labute approximate surface area is 350 Å². The Bertz CT molecular complexity index is 2710. The van der Waals surface area contributed by atoms with E-state index in [0.717, 1.165) is 19.2 Å². The number of nitrogens with one attached hydrogen (secondary N) is 2. The Kier molecular flexibility index (Phi) is 14.9. The van der Waals surface area contributed by atoms with E-state index in [1.807, 2.05) is 0 Å². The van der Waals surface area contributed by atoms with E-state index < -0.39 is 67.2 Å². The van der Waals surface area contributed by atoms with Crippen LogP contribution in [0.1, 0.15) is 0 Å². The Hall–Kier alpha value is -4.49. The molecule has 25 heteroatoms. The smallest absolute Gasteiger partial charge is 0.388 e. The molecule has 0 aliphatic rings. The number of pyridine rings is 2. The number of benzene rings is 2. The number of methoxy groups -OCH3 is 1. The Morgan fingerprint density at radius 2 is 1.42 bits per heavy atom. The van der Waals surface area contributed by atoms with Crippen LogP contribution in [0.25, 0.3) is 21.9 Å². The van der Waals surface area contributed by atoms with E-state index in [4.69, 9.17) is 37.8 Å². The van der Waals surface area contributed by atoms with Crippen molar-refractivity contribution in [2.45, 2.75) is 29.5 Å². The number of hydrogen-bond donors (Lipinski definition) is 4. The zero-order valence-corrected chi connectivity index (χ0v) is 34.7. The molecular weight excluding hydrogens is 946 g/mol. The summed E-state index contributed by atoms with van der Waals surface area (Å²) in [5.41, 5.74) is -0.213. The van der Waals surface area contributed by atoms with Crippen LogP contribution in [0.3, 0.4) is 0 Å². The molecule has 0 aliphatic carbocycles. The lowest BCUT2D eigenvalue weighted by molar-refractivity contribution is -0.0555. The van der Waals surface area contributed by atoms with Crippen molar-refractivity contribution < 1.29 is 63.2 Å². The standard InChI is InChI=1S/C18H16BrClF2N2O4S.C16H14ClF3N4O5S/c19-13-8-15(22)16(9-14(13)21)23-29(26,27)18-10-24(3-5-28-6-4-25)17-7-11(20)1-2-12(17)18;1-28-15-10(6-9(18)14(22-15)29-16(19)20)23-30(26,27)11-7-24(4-5-25)13-8(11)2-3-12(17)21-13/h1-2,7-10,23,25H,3-6H2;2-3,6-7,16,23,25H,4-5H2,1H3. The van der Waals surface area contributed by atoms with E-state index in [1.165, 1.54) is 41.2 Å². The van der Waals surface area contributed by atoms with Crippen LogP contribution in [0.2, 0.25) is 10.2 Å². The maximum atomic E-state index is 14.1. The highest BCUT2D eigenvalue weighted by molar-refractivity contribution is 9.10. The first-order valence-electron chi connectivity index (χ1n) is 16.5. The van der Waals surface area contributed by atoms with Gasteiger partial charge in [0.2, 0.25) is 5.88 Å². The number of hydrogen-bond acceptors (Lipinski definition) is 11. The normalized spacial score (nSPS) is 11.9. The zero-order valence-electron chi connectivity index (χ0n) is 30.0. The molecule has 4 aromatic heterocycles. The first kappa shape index (κ1) is 45.6. The number of nitrogens with zero attached hydrogens (tertiary/aromatic N) is 4. The fourth-order valence-corrected chi connectivity index (χ4v) is 8.58. The van der Waals surface area contributed by atoms with Crippen LogP contribution in [0.4, 0.5) is 33.3 Å². The van der Waals surface area contributed by atoms with Gasteiger partial charge in [0.1, 0.15) is 37.9 Å². The number of rotatable bonds is 16. The number of fused-ring (bicyclic) bond motifs is 2. The average Bonchev–Trinajstić information content (AvgIpc) is 3.72. The first-order valence-corrected chi connectivity index (χ1v) is 21.0. The van der Waals surface area contributed by atoms with Crippen LogP contribution in [0.15, 0.2) is 75.2 Å². The highest BCUT2D eigenvalue weighted by Gasteiger charge is 2.27. The van der Waals surface area contributed by atoms with Gasteiger partial charge in [-0.2, -0.15) is 13.8 Å². The molecule has 0 aliphatic heterocycles. The number of alkyl halides is 2. The summed E-state index contributed by atoms with van der Waals surface area (Å²) in [7, 11) is -7.50. The Balaban J connectivity index is 0.000000224. The molecule has 0 saturated carbocycles. The summed E-state index contributed by atoms with van der Waals surface area (Å²) in [6, 6.07) is 9.67. The summed E-state index contributed by atoms with van der Waals surface area (Å²) < 4.78 is 139.